The number of amides is 4. The number of alkyl carbamates (subject to hydrolysis) is 1. The molecule has 186 valence electrons. The van der Waals surface area contributed by atoms with Crippen LogP contribution in [0.4, 0.5) is 9.59 Å². The van der Waals surface area contributed by atoms with Gasteiger partial charge in [-0.2, -0.15) is 0 Å². The Labute approximate surface area is 205 Å². The fourth-order valence-corrected chi connectivity index (χ4v) is 4.06. The smallest absolute Gasteiger partial charge is 0.408 e. The van der Waals surface area contributed by atoms with Crippen LogP contribution in [0.2, 0.25) is 0 Å². The largest absolute Gasteiger partial charge is 0.444 e. The molecule has 1 aromatic rings. The van der Waals surface area contributed by atoms with Gasteiger partial charge in [0.1, 0.15) is 5.60 Å². The molecule has 4 amide bonds. The van der Waals surface area contributed by atoms with Crippen LogP contribution >= 0.6 is 11.8 Å². The molecule has 2 rings (SSSR count). The number of carbonyl (C=O) groups is 4. The Kier molecular flexibility index (Phi) is 10.6. The number of hydrogen-bond donors (Lipinski definition) is 2. The molecular weight excluding hydrogens is 454 g/mol. The maximum absolute atomic E-state index is 12.6. The fourth-order valence-electron chi connectivity index (χ4n) is 3.20. The molecule has 0 aliphatic carbocycles. The van der Waals surface area contributed by atoms with E-state index in [2.05, 4.69) is 17.6 Å². The highest BCUT2D eigenvalue weighted by atomic mass is 32.2. The van der Waals surface area contributed by atoms with E-state index in [1.54, 1.807) is 26.8 Å². The summed E-state index contributed by atoms with van der Waals surface area (Å²) in [7, 11) is 0. The second-order valence-corrected chi connectivity index (χ2v) is 10.0. The summed E-state index contributed by atoms with van der Waals surface area (Å²) < 4.78 is 5.07. The highest BCUT2D eigenvalue weighted by Crippen LogP contribution is 2.32. The summed E-state index contributed by atoms with van der Waals surface area (Å²) in [5, 5.41) is 4.93. The van der Waals surface area contributed by atoms with E-state index < -0.39 is 11.7 Å². The van der Waals surface area contributed by atoms with Gasteiger partial charge in [0.05, 0.1) is 11.4 Å². The number of thioether (sulfide) groups is 1. The van der Waals surface area contributed by atoms with Crippen LogP contribution < -0.4 is 10.6 Å². The lowest BCUT2D eigenvalue weighted by Gasteiger charge is -2.19. The van der Waals surface area contributed by atoms with Crippen molar-refractivity contribution in [1.29, 1.82) is 0 Å². The van der Waals surface area contributed by atoms with Gasteiger partial charge < -0.3 is 15.4 Å². The molecule has 0 unspecified atom stereocenters. The van der Waals surface area contributed by atoms with Gasteiger partial charge in [-0.1, -0.05) is 44.0 Å². The Balaban J connectivity index is 1.61. The summed E-state index contributed by atoms with van der Waals surface area (Å²) in [4.78, 5) is 49.9. The zero-order valence-corrected chi connectivity index (χ0v) is 21.3. The van der Waals surface area contributed by atoms with E-state index in [1.807, 2.05) is 24.3 Å². The molecule has 9 heteroatoms. The predicted octanol–water partition coefficient (Wildman–Crippen LogP) is 4.49. The zero-order chi connectivity index (χ0) is 25.1. The highest BCUT2D eigenvalue weighted by Gasteiger charge is 2.34. The maximum Gasteiger partial charge on any atom is 0.408 e. The first-order valence-corrected chi connectivity index (χ1v) is 12.5. The predicted molar refractivity (Wildman–Crippen MR) is 134 cm³/mol. The van der Waals surface area contributed by atoms with Crippen molar-refractivity contribution in [2.75, 3.05) is 19.6 Å². The summed E-state index contributed by atoms with van der Waals surface area (Å²) in [6.45, 7) is 8.10. The van der Waals surface area contributed by atoms with E-state index in [-0.39, 0.29) is 23.6 Å². The van der Waals surface area contributed by atoms with Crippen molar-refractivity contribution < 1.29 is 23.9 Å². The first-order chi connectivity index (χ1) is 16.1. The molecule has 1 heterocycles. The maximum atomic E-state index is 12.6. The Morgan fingerprint density at radius 3 is 2.35 bits per heavy atom. The van der Waals surface area contributed by atoms with Gasteiger partial charge in [0.25, 0.3) is 11.1 Å². The van der Waals surface area contributed by atoms with Gasteiger partial charge in [-0.05, 0) is 69.0 Å². The topological polar surface area (TPSA) is 105 Å². The summed E-state index contributed by atoms with van der Waals surface area (Å²) in [5.74, 6) is -0.515. The number of ether oxygens (including phenoxy) is 1. The highest BCUT2D eigenvalue weighted by molar-refractivity contribution is 8.18. The number of imide groups is 1. The summed E-state index contributed by atoms with van der Waals surface area (Å²) >= 11 is 0.983. The second kappa shape index (κ2) is 13.2. The third kappa shape index (κ3) is 9.59. The van der Waals surface area contributed by atoms with Crippen molar-refractivity contribution in [2.45, 2.75) is 65.4 Å². The molecule has 0 spiro atoms. The molecule has 0 atom stereocenters. The monoisotopic (exact) mass is 489 g/mol. The molecule has 1 aromatic carbocycles. The molecule has 1 fully saturated rings. The molecule has 1 saturated heterocycles. The molecule has 0 saturated carbocycles. The zero-order valence-electron chi connectivity index (χ0n) is 20.4. The van der Waals surface area contributed by atoms with Gasteiger partial charge in [-0.25, -0.2) is 4.79 Å². The SMILES string of the molecule is CCc1ccc(/C=C2\SC(=O)N(CCCCCCNC(=O)CNC(=O)OC(C)(C)C)C2=O)cc1. The number of aryl methyl sites for hydroxylation is 1. The van der Waals surface area contributed by atoms with Crippen molar-refractivity contribution in [2.24, 2.45) is 0 Å². The molecule has 34 heavy (non-hydrogen) atoms. The lowest BCUT2D eigenvalue weighted by molar-refractivity contribution is -0.123. The van der Waals surface area contributed by atoms with Crippen LogP contribution in [0.1, 0.15) is 64.5 Å². The van der Waals surface area contributed by atoms with E-state index in [0.29, 0.717) is 24.4 Å². The van der Waals surface area contributed by atoms with Crippen LogP contribution in [0.3, 0.4) is 0 Å². The molecule has 1 aliphatic rings. The minimum Gasteiger partial charge on any atom is -0.444 e. The van der Waals surface area contributed by atoms with Gasteiger partial charge in [0.15, 0.2) is 0 Å². The molecule has 0 aromatic heterocycles. The van der Waals surface area contributed by atoms with Crippen molar-refractivity contribution >= 4 is 41.0 Å². The van der Waals surface area contributed by atoms with Crippen molar-refractivity contribution in [1.82, 2.24) is 15.5 Å². The molecule has 0 bridgehead atoms. The average Bonchev–Trinajstić information content (AvgIpc) is 3.03. The number of hydrogen-bond acceptors (Lipinski definition) is 6. The van der Waals surface area contributed by atoms with Gasteiger partial charge in [0.2, 0.25) is 5.91 Å². The number of nitrogens with zero attached hydrogens (tertiary/aromatic N) is 1. The Morgan fingerprint density at radius 2 is 1.71 bits per heavy atom. The summed E-state index contributed by atoms with van der Waals surface area (Å²) in [6, 6.07) is 7.96. The standard InChI is InChI=1S/C25H35N3O5S/c1-5-18-10-12-19(13-11-18)16-20-22(30)28(24(32)34-20)15-9-7-6-8-14-26-21(29)17-27-23(31)33-25(2,3)4/h10-13,16H,5-9,14-15,17H2,1-4H3,(H,26,29)(H,27,31)/b20-16-. The fraction of sp³-hybridized carbons (Fsp3) is 0.520. The van der Waals surface area contributed by atoms with Crippen molar-refractivity contribution in [3.8, 4) is 0 Å². The molecule has 0 radical (unpaired) electrons. The normalized spacial score (nSPS) is 15.1. The van der Waals surface area contributed by atoms with Gasteiger partial charge in [-0.3, -0.25) is 19.3 Å². The van der Waals surface area contributed by atoms with E-state index in [1.165, 1.54) is 10.5 Å². The van der Waals surface area contributed by atoms with E-state index in [4.69, 9.17) is 4.74 Å². The van der Waals surface area contributed by atoms with Gasteiger partial charge in [-0.15, -0.1) is 0 Å². The lowest BCUT2D eigenvalue weighted by atomic mass is 10.1. The van der Waals surface area contributed by atoms with Crippen LogP contribution in [0.15, 0.2) is 29.2 Å². The van der Waals surface area contributed by atoms with E-state index >= 15 is 0 Å². The quantitative estimate of drug-likeness (QED) is 0.351. The minimum absolute atomic E-state index is 0.135. The number of carbonyl (C=O) groups excluding carboxylic acids is 4. The third-order valence-electron chi connectivity index (χ3n) is 4.98. The van der Waals surface area contributed by atoms with Gasteiger partial charge in [0, 0.05) is 13.1 Å². The van der Waals surface area contributed by atoms with Gasteiger partial charge >= 0.3 is 6.09 Å². The summed E-state index contributed by atoms with van der Waals surface area (Å²) in [5.41, 5.74) is 1.52. The number of nitrogens with one attached hydrogen (secondary N) is 2. The molecular formula is C25H35N3O5S. The molecule has 1 aliphatic heterocycles. The van der Waals surface area contributed by atoms with Crippen molar-refractivity contribution in [3.63, 3.8) is 0 Å². The van der Waals surface area contributed by atoms with Crippen LogP contribution in [0, 0.1) is 0 Å². The van der Waals surface area contributed by atoms with E-state index in [0.717, 1.165) is 43.0 Å². The van der Waals surface area contributed by atoms with Crippen LogP contribution in [0.5, 0.6) is 0 Å². The second-order valence-electron chi connectivity index (χ2n) is 9.05. The number of unbranched alkanes of at least 4 members (excludes halogenated alkanes) is 3. The Hall–Kier alpha value is -2.81. The summed E-state index contributed by atoms with van der Waals surface area (Å²) in [6.07, 6.45) is 5.28. The molecule has 8 nitrogen and oxygen atoms in total. The third-order valence-corrected chi connectivity index (χ3v) is 5.89. The average molecular weight is 490 g/mol. The number of rotatable bonds is 11. The molecule has 2 N–H and O–H groups in total. The first-order valence-electron chi connectivity index (χ1n) is 11.7. The number of benzene rings is 1. The van der Waals surface area contributed by atoms with Crippen LogP contribution in [-0.2, 0) is 20.7 Å². The Morgan fingerprint density at radius 1 is 1.03 bits per heavy atom. The Bertz CT molecular complexity index is 906. The lowest BCUT2D eigenvalue weighted by Crippen LogP contribution is -2.39. The van der Waals surface area contributed by atoms with E-state index in [9.17, 15) is 19.2 Å². The van der Waals surface area contributed by atoms with Crippen LogP contribution in [-0.4, -0.2) is 53.3 Å². The van der Waals surface area contributed by atoms with Crippen LogP contribution in [0.25, 0.3) is 6.08 Å². The first kappa shape index (κ1) is 27.4. The van der Waals surface area contributed by atoms with Crippen molar-refractivity contribution in [3.05, 3.63) is 40.3 Å². The minimum atomic E-state index is -0.626.